The summed E-state index contributed by atoms with van der Waals surface area (Å²) in [6.45, 7) is -0.264. The summed E-state index contributed by atoms with van der Waals surface area (Å²) in [4.78, 5) is 26.7. The lowest BCUT2D eigenvalue weighted by molar-refractivity contribution is -0.119. The van der Waals surface area contributed by atoms with Crippen molar-refractivity contribution >= 4 is 13.5 Å². The van der Waals surface area contributed by atoms with Gasteiger partial charge in [-0.3, -0.25) is 9.36 Å². The third-order valence-electron chi connectivity index (χ3n) is 1.92. The topological polar surface area (TPSA) is 113 Å². The lowest BCUT2D eigenvalue weighted by atomic mass is 10.4. The van der Waals surface area contributed by atoms with Crippen LogP contribution in [0.15, 0.2) is 0 Å². The summed E-state index contributed by atoms with van der Waals surface area (Å²) in [6, 6.07) is 0. The van der Waals surface area contributed by atoms with Gasteiger partial charge in [-0.25, -0.2) is 0 Å². The van der Waals surface area contributed by atoms with E-state index in [1.54, 1.807) is 0 Å². The molecule has 0 radical (unpaired) electrons. The van der Waals surface area contributed by atoms with Crippen LogP contribution in [0.4, 0.5) is 0 Å². The van der Waals surface area contributed by atoms with Gasteiger partial charge in [0, 0.05) is 0 Å². The molecule has 5 N–H and O–H groups in total. The number of rotatable bonds is 3. The lowest BCUT2D eigenvalue weighted by Gasteiger charge is -2.03. The van der Waals surface area contributed by atoms with Crippen molar-refractivity contribution in [3.8, 4) is 0 Å². The SMILES string of the molecule is C1CCCC1.NCC(=O)NCP(=O)(O)O. The quantitative estimate of drug-likeness (QED) is 0.523. The number of carbonyl (C=O) groups excluding carboxylic acids is 1. The van der Waals surface area contributed by atoms with E-state index in [0.29, 0.717) is 0 Å². The minimum absolute atomic E-state index is 0.264. The molecule has 1 fully saturated rings. The molecule has 15 heavy (non-hydrogen) atoms. The number of nitrogens with one attached hydrogen (secondary N) is 1. The molecule has 0 aromatic rings. The molecule has 0 spiro atoms. The van der Waals surface area contributed by atoms with Crippen molar-refractivity contribution in [2.75, 3.05) is 12.8 Å². The van der Waals surface area contributed by atoms with Crippen LogP contribution in [0.2, 0.25) is 0 Å². The summed E-state index contributed by atoms with van der Waals surface area (Å²) in [5.74, 6) is -0.580. The first-order chi connectivity index (χ1) is 6.95. The molecule has 0 atom stereocenters. The van der Waals surface area contributed by atoms with Gasteiger partial charge in [-0.15, -0.1) is 0 Å². The van der Waals surface area contributed by atoms with E-state index in [4.69, 9.17) is 15.5 Å². The molecule has 1 aliphatic rings. The first-order valence-corrected chi connectivity index (χ1v) is 6.77. The molecule has 1 aliphatic carbocycles. The highest BCUT2D eigenvalue weighted by molar-refractivity contribution is 7.51. The van der Waals surface area contributed by atoms with E-state index in [9.17, 15) is 9.36 Å². The van der Waals surface area contributed by atoms with Crippen molar-refractivity contribution in [1.82, 2.24) is 5.32 Å². The molecule has 0 saturated heterocycles. The Hall–Kier alpha value is -0.420. The molecular weight excluding hydrogens is 219 g/mol. The Morgan fingerprint density at radius 3 is 1.87 bits per heavy atom. The number of hydrogen-bond acceptors (Lipinski definition) is 3. The molecule has 6 nitrogen and oxygen atoms in total. The standard InChI is InChI=1S/C5H10.C3H9N2O4P/c1-2-4-5-3-1;4-1-3(6)5-2-10(7,8)9/h1-5H2;1-2,4H2,(H,5,6)(H2,7,8,9). The average molecular weight is 238 g/mol. The van der Waals surface area contributed by atoms with E-state index >= 15 is 0 Å². The van der Waals surface area contributed by atoms with Crippen molar-refractivity contribution < 1.29 is 19.1 Å². The first kappa shape index (κ1) is 14.6. The van der Waals surface area contributed by atoms with Crippen LogP contribution in [0.3, 0.4) is 0 Å². The molecule has 1 saturated carbocycles. The fraction of sp³-hybridized carbons (Fsp3) is 0.875. The van der Waals surface area contributed by atoms with E-state index < -0.39 is 19.8 Å². The minimum atomic E-state index is -4.12. The van der Waals surface area contributed by atoms with Gasteiger partial charge in [-0.2, -0.15) is 0 Å². The van der Waals surface area contributed by atoms with E-state index in [1.807, 2.05) is 5.32 Å². The first-order valence-electron chi connectivity index (χ1n) is 4.97. The third-order valence-corrected chi connectivity index (χ3v) is 2.49. The number of carbonyl (C=O) groups is 1. The molecule has 0 aromatic heterocycles. The molecule has 0 bridgehead atoms. The monoisotopic (exact) mass is 238 g/mol. The Morgan fingerprint density at radius 1 is 1.20 bits per heavy atom. The molecular formula is C8H19N2O4P. The zero-order valence-electron chi connectivity index (χ0n) is 8.69. The van der Waals surface area contributed by atoms with Gasteiger partial charge in [0.05, 0.1) is 6.54 Å². The van der Waals surface area contributed by atoms with Gasteiger partial charge in [-0.1, -0.05) is 32.1 Å². The second-order valence-electron chi connectivity index (χ2n) is 3.39. The highest BCUT2D eigenvalue weighted by Gasteiger charge is 2.12. The maximum Gasteiger partial charge on any atom is 0.344 e. The van der Waals surface area contributed by atoms with Gasteiger partial charge < -0.3 is 20.8 Å². The van der Waals surface area contributed by atoms with Crippen LogP contribution >= 0.6 is 7.60 Å². The van der Waals surface area contributed by atoms with Gasteiger partial charge in [-0.05, 0) is 0 Å². The molecule has 0 aromatic carbocycles. The van der Waals surface area contributed by atoms with E-state index in [0.717, 1.165) is 0 Å². The zero-order chi connectivity index (χ0) is 11.7. The Kier molecular flexibility index (Phi) is 7.60. The molecule has 0 heterocycles. The number of nitrogens with two attached hydrogens (primary N) is 1. The van der Waals surface area contributed by atoms with Crippen LogP contribution in [0, 0.1) is 0 Å². The van der Waals surface area contributed by atoms with Crippen LogP contribution in [0.5, 0.6) is 0 Å². The fourth-order valence-corrected chi connectivity index (χ4v) is 1.53. The summed E-state index contributed by atoms with van der Waals surface area (Å²) in [6.07, 6.45) is 6.85. The fourth-order valence-electron chi connectivity index (χ4n) is 1.15. The number of amides is 1. The van der Waals surface area contributed by atoms with Crippen LogP contribution in [-0.4, -0.2) is 28.5 Å². The summed E-state index contributed by atoms with van der Waals surface area (Å²) < 4.78 is 10.1. The highest BCUT2D eigenvalue weighted by atomic mass is 31.2. The van der Waals surface area contributed by atoms with E-state index in [2.05, 4.69) is 0 Å². The maximum absolute atomic E-state index is 10.3. The van der Waals surface area contributed by atoms with Crippen LogP contribution < -0.4 is 11.1 Å². The van der Waals surface area contributed by atoms with Crippen molar-refractivity contribution in [2.24, 2.45) is 5.73 Å². The Morgan fingerprint density at radius 2 is 1.60 bits per heavy atom. The smallest absolute Gasteiger partial charge is 0.343 e. The van der Waals surface area contributed by atoms with Gasteiger partial charge in [0.25, 0.3) is 0 Å². The van der Waals surface area contributed by atoms with Crippen molar-refractivity contribution in [3.63, 3.8) is 0 Å². The third kappa shape index (κ3) is 11.5. The molecule has 1 amide bonds. The van der Waals surface area contributed by atoms with Crippen LogP contribution in [0.1, 0.15) is 32.1 Å². The highest BCUT2D eigenvalue weighted by Crippen LogP contribution is 2.31. The Balaban J connectivity index is 0.000000322. The normalized spacial score (nSPS) is 15.4. The van der Waals surface area contributed by atoms with Crippen molar-refractivity contribution in [1.29, 1.82) is 0 Å². The van der Waals surface area contributed by atoms with Gasteiger partial charge in [0.15, 0.2) is 0 Å². The second kappa shape index (κ2) is 7.82. The van der Waals surface area contributed by atoms with Crippen LogP contribution in [-0.2, 0) is 9.36 Å². The molecule has 1 rings (SSSR count). The number of hydrogen-bond donors (Lipinski definition) is 4. The van der Waals surface area contributed by atoms with E-state index in [1.165, 1.54) is 32.1 Å². The maximum atomic E-state index is 10.3. The Bertz CT molecular complexity index is 217. The van der Waals surface area contributed by atoms with E-state index in [-0.39, 0.29) is 6.54 Å². The minimum Gasteiger partial charge on any atom is -0.343 e. The summed E-state index contributed by atoms with van der Waals surface area (Å²) in [5, 5.41) is 1.95. The van der Waals surface area contributed by atoms with Crippen molar-refractivity contribution in [3.05, 3.63) is 0 Å². The van der Waals surface area contributed by atoms with Gasteiger partial charge in [0.1, 0.15) is 6.29 Å². The van der Waals surface area contributed by atoms with Crippen LogP contribution in [0.25, 0.3) is 0 Å². The summed E-state index contributed by atoms with van der Waals surface area (Å²) in [7, 11) is -4.12. The molecule has 0 unspecified atom stereocenters. The predicted molar refractivity (Wildman–Crippen MR) is 57.2 cm³/mol. The second-order valence-corrected chi connectivity index (χ2v) is 5.04. The lowest BCUT2D eigenvalue weighted by Crippen LogP contribution is -2.30. The zero-order valence-corrected chi connectivity index (χ0v) is 9.58. The summed E-state index contributed by atoms with van der Waals surface area (Å²) >= 11 is 0. The van der Waals surface area contributed by atoms with Crippen molar-refractivity contribution in [2.45, 2.75) is 32.1 Å². The van der Waals surface area contributed by atoms with Gasteiger partial charge >= 0.3 is 7.60 Å². The van der Waals surface area contributed by atoms with Gasteiger partial charge in [0.2, 0.25) is 5.91 Å². The largest absolute Gasteiger partial charge is 0.344 e. The summed E-state index contributed by atoms with van der Waals surface area (Å²) in [5.41, 5.74) is 4.84. The Labute approximate surface area is 89.4 Å². The predicted octanol–water partition coefficient (Wildman–Crippen LogP) is 0.147. The average Bonchev–Trinajstić information content (AvgIpc) is 2.70. The molecule has 90 valence electrons. The molecule has 0 aliphatic heterocycles. The molecule has 7 heteroatoms.